The van der Waals surface area contributed by atoms with E-state index in [2.05, 4.69) is 15.5 Å². The number of likely N-dealkylation sites (tertiary alicyclic amines) is 1. The number of hydrogen-bond acceptors (Lipinski definition) is 4. The summed E-state index contributed by atoms with van der Waals surface area (Å²) in [7, 11) is 3.53. The van der Waals surface area contributed by atoms with E-state index in [9.17, 15) is 4.79 Å². The standard InChI is InChI=1S/C17H23N5O2/c1-12(16-20-18-11-21(16)2)19-17(23)22-10-6-8-14(22)13-7-4-5-9-15(13)24-3/h4-5,7,9,11-12,14H,6,8,10H2,1-3H3,(H,19,23)/t12-,14+/m0/s1. The second-order valence-corrected chi connectivity index (χ2v) is 6.06. The van der Waals surface area contributed by atoms with Gasteiger partial charge in [0.25, 0.3) is 0 Å². The Hall–Kier alpha value is -2.57. The minimum atomic E-state index is -0.205. The third kappa shape index (κ3) is 3.06. The molecule has 1 aromatic heterocycles. The number of methoxy groups -OCH3 is 1. The van der Waals surface area contributed by atoms with Crippen LogP contribution in [0.5, 0.6) is 5.75 Å². The molecule has 0 radical (unpaired) electrons. The Labute approximate surface area is 141 Å². The second-order valence-electron chi connectivity index (χ2n) is 6.06. The molecule has 0 unspecified atom stereocenters. The third-order valence-corrected chi connectivity index (χ3v) is 4.49. The molecule has 1 saturated heterocycles. The maximum atomic E-state index is 12.8. The lowest BCUT2D eigenvalue weighted by molar-refractivity contribution is 0.188. The van der Waals surface area contributed by atoms with Crippen molar-refractivity contribution in [3.8, 4) is 5.75 Å². The van der Waals surface area contributed by atoms with Gasteiger partial charge in [0, 0.05) is 19.2 Å². The van der Waals surface area contributed by atoms with Gasteiger partial charge >= 0.3 is 6.03 Å². The quantitative estimate of drug-likeness (QED) is 0.935. The Morgan fingerprint density at radius 3 is 2.92 bits per heavy atom. The SMILES string of the molecule is COc1ccccc1[C@H]1CCCN1C(=O)N[C@@H](C)c1nncn1C. The zero-order valence-electron chi connectivity index (χ0n) is 14.3. The summed E-state index contributed by atoms with van der Waals surface area (Å²) < 4.78 is 7.27. The maximum absolute atomic E-state index is 12.8. The summed E-state index contributed by atoms with van der Waals surface area (Å²) in [5.74, 6) is 1.56. The summed E-state index contributed by atoms with van der Waals surface area (Å²) in [6, 6.07) is 7.63. The predicted octanol–water partition coefficient (Wildman–Crippen LogP) is 2.43. The first-order valence-electron chi connectivity index (χ1n) is 8.15. The number of amides is 2. The summed E-state index contributed by atoms with van der Waals surface area (Å²) in [5, 5.41) is 10.9. The number of benzene rings is 1. The molecule has 1 N–H and O–H groups in total. The van der Waals surface area contributed by atoms with E-state index >= 15 is 0 Å². The Kier molecular flexibility index (Phi) is 4.69. The number of aryl methyl sites for hydroxylation is 1. The van der Waals surface area contributed by atoms with Gasteiger partial charge in [-0.1, -0.05) is 18.2 Å². The molecule has 0 aliphatic carbocycles. The van der Waals surface area contributed by atoms with Crippen molar-refractivity contribution in [2.24, 2.45) is 7.05 Å². The van der Waals surface area contributed by atoms with Crippen LogP contribution in [0.2, 0.25) is 0 Å². The number of aromatic nitrogens is 3. The van der Waals surface area contributed by atoms with E-state index in [1.807, 2.05) is 47.7 Å². The van der Waals surface area contributed by atoms with E-state index in [4.69, 9.17) is 4.74 Å². The molecule has 0 spiro atoms. The van der Waals surface area contributed by atoms with E-state index in [1.54, 1.807) is 13.4 Å². The highest BCUT2D eigenvalue weighted by Gasteiger charge is 2.32. The molecule has 3 rings (SSSR count). The van der Waals surface area contributed by atoms with Crippen LogP contribution in [0.25, 0.3) is 0 Å². The summed E-state index contributed by atoms with van der Waals surface area (Å²) in [5.41, 5.74) is 1.05. The highest BCUT2D eigenvalue weighted by Crippen LogP contribution is 2.36. The molecule has 128 valence electrons. The van der Waals surface area contributed by atoms with Gasteiger partial charge in [-0.3, -0.25) is 0 Å². The normalized spacial score (nSPS) is 18.5. The summed E-state index contributed by atoms with van der Waals surface area (Å²) in [6.07, 6.45) is 3.55. The van der Waals surface area contributed by atoms with Crippen LogP contribution in [0, 0.1) is 0 Å². The smallest absolute Gasteiger partial charge is 0.318 e. The molecule has 7 heteroatoms. The van der Waals surface area contributed by atoms with Crippen LogP contribution in [0.1, 0.15) is 43.2 Å². The van der Waals surface area contributed by atoms with Crippen molar-refractivity contribution in [1.29, 1.82) is 0 Å². The predicted molar refractivity (Wildman–Crippen MR) is 89.6 cm³/mol. The molecule has 1 aliphatic rings. The Morgan fingerprint density at radius 1 is 1.42 bits per heavy atom. The molecule has 1 aliphatic heterocycles. The number of para-hydroxylation sites is 1. The van der Waals surface area contributed by atoms with Gasteiger partial charge in [0.05, 0.1) is 19.2 Å². The van der Waals surface area contributed by atoms with Crippen molar-refractivity contribution in [2.45, 2.75) is 31.8 Å². The number of rotatable bonds is 4. The number of urea groups is 1. The number of hydrogen-bond donors (Lipinski definition) is 1. The molecular formula is C17H23N5O2. The van der Waals surface area contributed by atoms with Crippen molar-refractivity contribution in [3.63, 3.8) is 0 Å². The average molecular weight is 329 g/mol. The van der Waals surface area contributed by atoms with E-state index in [-0.39, 0.29) is 18.1 Å². The van der Waals surface area contributed by atoms with Gasteiger partial charge in [-0.15, -0.1) is 10.2 Å². The summed E-state index contributed by atoms with van der Waals surface area (Å²) in [6.45, 7) is 2.65. The molecule has 0 saturated carbocycles. The first-order valence-corrected chi connectivity index (χ1v) is 8.15. The first-order chi connectivity index (χ1) is 11.6. The fraction of sp³-hybridized carbons (Fsp3) is 0.471. The van der Waals surface area contributed by atoms with Crippen LogP contribution in [-0.2, 0) is 7.05 Å². The van der Waals surface area contributed by atoms with Crippen LogP contribution in [0.3, 0.4) is 0 Å². The fourth-order valence-electron chi connectivity index (χ4n) is 3.29. The van der Waals surface area contributed by atoms with Gasteiger partial charge in [-0.05, 0) is 25.8 Å². The summed E-state index contributed by atoms with van der Waals surface area (Å²) >= 11 is 0. The lowest BCUT2D eigenvalue weighted by Crippen LogP contribution is -2.41. The minimum Gasteiger partial charge on any atom is -0.496 e. The second kappa shape index (κ2) is 6.90. The average Bonchev–Trinajstić information content (AvgIpc) is 3.23. The van der Waals surface area contributed by atoms with Gasteiger partial charge in [-0.2, -0.15) is 0 Å². The van der Waals surface area contributed by atoms with E-state index in [0.29, 0.717) is 0 Å². The molecular weight excluding hydrogens is 306 g/mol. The van der Waals surface area contributed by atoms with E-state index in [0.717, 1.165) is 36.5 Å². The molecule has 1 fully saturated rings. The third-order valence-electron chi connectivity index (χ3n) is 4.49. The molecule has 2 aromatic rings. The number of ether oxygens (including phenoxy) is 1. The molecule has 2 amide bonds. The minimum absolute atomic E-state index is 0.0350. The maximum Gasteiger partial charge on any atom is 0.318 e. The molecule has 24 heavy (non-hydrogen) atoms. The van der Waals surface area contributed by atoms with Crippen molar-refractivity contribution >= 4 is 6.03 Å². The van der Waals surface area contributed by atoms with E-state index in [1.165, 1.54) is 0 Å². The van der Waals surface area contributed by atoms with Crippen LogP contribution < -0.4 is 10.1 Å². The molecule has 0 bridgehead atoms. The Bertz CT molecular complexity index is 715. The zero-order chi connectivity index (χ0) is 17.1. The van der Waals surface area contributed by atoms with Crippen molar-refractivity contribution in [3.05, 3.63) is 42.0 Å². The first kappa shape index (κ1) is 16.3. The Morgan fingerprint density at radius 2 is 2.21 bits per heavy atom. The van der Waals surface area contributed by atoms with Crippen LogP contribution in [0.4, 0.5) is 4.79 Å². The zero-order valence-corrected chi connectivity index (χ0v) is 14.3. The monoisotopic (exact) mass is 329 g/mol. The highest BCUT2D eigenvalue weighted by atomic mass is 16.5. The van der Waals surface area contributed by atoms with Gasteiger partial charge in [0.2, 0.25) is 0 Å². The summed E-state index contributed by atoms with van der Waals surface area (Å²) in [4.78, 5) is 14.6. The van der Waals surface area contributed by atoms with E-state index < -0.39 is 0 Å². The van der Waals surface area contributed by atoms with Crippen molar-refractivity contribution in [2.75, 3.05) is 13.7 Å². The molecule has 7 nitrogen and oxygen atoms in total. The molecule has 1 aromatic carbocycles. The van der Waals surface area contributed by atoms with Crippen molar-refractivity contribution < 1.29 is 9.53 Å². The lowest BCUT2D eigenvalue weighted by Gasteiger charge is -2.27. The number of nitrogens with one attached hydrogen (secondary N) is 1. The number of carbonyl (C=O) groups excluding carboxylic acids is 1. The molecule has 2 atom stereocenters. The van der Waals surface area contributed by atoms with Gasteiger partial charge < -0.3 is 19.5 Å². The fourth-order valence-corrected chi connectivity index (χ4v) is 3.29. The topological polar surface area (TPSA) is 72.3 Å². The largest absolute Gasteiger partial charge is 0.496 e. The Balaban J connectivity index is 1.75. The lowest BCUT2D eigenvalue weighted by atomic mass is 10.0. The highest BCUT2D eigenvalue weighted by molar-refractivity contribution is 5.75. The van der Waals surface area contributed by atoms with Crippen LogP contribution in [0.15, 0.2) is 30.6 Å². The number of carbonyl (C=O) groups is 1. The van der Waals surface area contributed by atoms with Crippen LogP contribution in [-0.4, -0.2) is 39.4 Å². The van der Waals surface area contributed by atoms with Crippen LogP contribution >= 0.6 is 0 Å². The number of nitrogens with zero attached hydrogens (tertiary/aromatic N) is 4. The molecule has 2 heterocycles. The van der Waals surface area contributed by atoms with Gasteiger partial charge in [0.1, 0.15) is 12.1 Å². The van der Waals surface area contributed by atoms with Gasteiger partial charge in [0.15, 0.2) is 5.82 Å². The van der Waals surface area contributed by atoms with Crippen molar-refractivity contribution in [1.82, 2.24) is 25.0 Å². The van der Waals surface area contributed by atoms with Gasteiger partial charge in [-0.25, -0.2) is 4.79 Å².